The van der Waals surface area contributed by atoms with Gasteiger partial charge in [-0.3, -0.25) is 0 Å². The summed E-state index contributed by atoms with van der Waals surface area (Å²) in [5.74, 6) is -0.430. The molecule has 0 radical (unpaired) electrons. The molecule has 0 spiro atoms. The Hall–Kier alpha value is -1.33. The van der Waals surface area contributed by atoms with E-state index in [1.165, 1.54) is 16.2 Å². The highest BCUT2D eigenvalue weighted by Crippen LogP contribution is 2.31. The Kier molecular flexibility index (Phi) is 4.61. The van der Waals surface area contributed by atoms with Gasteiger partial charge in [-0.25, -0.2) is 4.79 Å². The maximum Gasteiger partial charge on any atom is 0.349 e. The molecule has 2 aromatic rings. The van der Waals surface area contributed by atoms with Crippen LogP contribution < -0.4 is 4.74 Å². The number of rotatable bonds is 6. The predicted octanol–water partition coefficient (Wildman–Crippen LogP) is 4.21. The summed E-state index contributed by atoms with van der Waals surface area (Å²) in [7, 11) is 0. The third kappa shape index (κ3) is 3.36. The number of carboxylic acids is 1. The fraction of sp³-hybridized carbons (Fsp3) is 0.357. The highest BCUT2D eigenvalue weighted by molar-refractivity contribution is 7.14. The molecule has 0 saturated heterocycles. The van der Waals surface area contributed by atoms with Gasteiger partial charge >= 0.3 is 5.97 Å². The van der Waals surface area contributed by atoms with Crippen LogP contribution in [0.3, 0.4) is 0 Å². The molecule has 0 fully saturated rings. The summed E-state index contributed by atoms with van der Waals surface area (Å²) < 4.78 is 5.66. The summed E-state index contributed by atoms with van der Waals surface area (Å²) in [5.41, 5.74) is 0. The summed E-state index contributed by atoms with van der Waals surface area (Å²) in [4.78, 5) is 14.9. The molecule has 0 aliphatic carbocycles. The van der Waals surface area contributed by atoms with Crippen molar-refractivity contribution in [1.82, 2.24) is 0 Å². The minimum atomic E-state index is -0.917. The first-order valence-electron chi connectivity index (χ1n) is 6.20. The maximum absolute atomic E-state index is 11.1. The van der Waals surface area contributed by atoms with E-state index >= 15 is 0 Å². The molecule has 2 aromatic heterocycles. The van der Waals surface area contributed by atoms with E-state index in [4.69, 9.17) is 9.84 Å². The van der Waals surface area contributed by atoms with Crippen LogP contribution in [0, 0.1) is 0 Å². The lowest BCUT2D eigenvalue weighted by Crippen LogP contribution is -1.98. The summed E-state index contributed by atoms with van der Waals surface area (Å²) in [5, 5.41) is 9.15. The predicted molar refractivity (Wildman–Crippen MR) is 78.7 cm³/mol. The van der Waals surface area contributed by atoms with E-state index < -0.39 is 5.97 Å². The van der Waals surface area contributed by atoms with Crippen LogP contribution in [0.1, 0.15) is 38.2 Å². The smallest absolute Gasteiger partial charge is 0.349 e. The van der Waals surface area contributed by atoms with Crippen molar-refractivity contribution in [2.75, 3.05) is 0 Å². The molecule has 19 heavy (non-hydrogen) atoms. The van der Waals surface area contributed by atoms with Crippen LogP contribution in [-0.2, 0) is 19.4 Å². The van der Waals surface area contributed by atoms with Gasteiger partial charge in [0.05, 0.1) is 0 Å². The topological polar surface area (TPSA) is 46.5 Å². The summed E-state index contributed by atoms with van der Waals surface area (Å²) in [6.45, 7) is 4.56. The largest absolute Gasteiger partial charge is 0.486 e. The Labute approximate surface area is 120 Å². The number of ether oxygens (including phenoxy) is 1. The minimum absolute atomic E-state index is 0.295. The third-order valence-corrected chi connectivity index (χ3v) is 5.18. The minimum Gasteiger partial charge on any atom is -0.486 e. The molecule has 102 valence electrons. The highest BCUT2D eigenvalue weighted by Gasteiger charge is 2.16. The average molecular weight is 296 g/mol. The van der Waals surface area contributed by atoms with Gasteiger partial charge in [0.25, 0.3) is 0 Å². The lowest BCUT2D eigenvalue weighted by molar-refractivity contribution is 0.0697. The van der Waals surface area contributed by atoms with Crippen LogP contribution in [0.25, 0.3) is 0 Å². The number of carboxylic acid groups (broad SMARTS) is 1. The molecule has 0 unspecified atom stereocenters. The molecule has 2 heterocycles. The highest BCUT2D eigenvalue weighted by atomic mass is 32.1. The van der Waals surface area contributed by atoms with E-state index in [9.17, 15) is 4.79 Å². The summed E-state index contributed by atoms with van der Waals surface area (Å²) in [6, 6.07) is 5.96. The Morgan fingerprint density at radius 3 is 2.42 bits per heavy atom. The van der Waals surface area contributed by atoms with E-state index in [0.717, 1.165) is 22.6 Å². The second kappa shape index (κ2) is 6.21. The molecule has 0 bridgehead atoms. The van der Waals surface area contributed by atoms with Gasteiger partial charge in [-0.15, -0.1) is 22.7 Å². The number of aromatic carboxylic acids is 1. The first-order chi connectivity index (χ1) is 9.13. The van der Waals surface area contributed by atoms with Gasteiger partial charge < -0.3 is 9.84 Å². The zero-order valence-electron chi connectivity index (χ0n) is 10.9. The fourth-order valence-corrected chi connectivity index (χ4v) is 3.44. The second-order valence-corrected chi connectivity index (χ2v) is 6.46. The van der Waals surface area contributed by atoms with E-state index in [-0.39, 0.29) is 0 Å². The molecule has 2 rings (SSSR count). The first-order valence-corrected chi connectivity index (χ1v) is 7.83. The third-order valence-electron chi connectivity index (χ3n) is 2.73. The molecule has 0 saturated carbocycles. The van der Waals surface area contributed by atoms with Crippen molar-refractivity contribution >= 4 is 28.6 Å². The molecular formula is C14H16O3S2. The van der Waals surface area contributed by atoms with Gasteiger partial charge in [0.2, 0.25) is 0 Å². The van der Waals surface area contributed by atoms with Crippen LogP contribution >= 0.6 is 22.7 Å². The van der Waals surface area contributed by atoms with Crippen LogP contribution in [0.15, 0.2) is 18.2 Å². The standard InChI is InChI=1S/C14H16O3S2/c1-3-9-5-6-11(18-9)8-17-12-7-10(4-2)19-13(12)14(15)16/h5-7H,3-4,8H2,1-2H3,(H,15,16). The molecular weight excluding hydrogens is 280 g/mol. The molecule has 0 amide bonds. The molecule has 0 aromatic carbocycles. The monoisotopic (exact) mass is 296 g/mol. The average Bonchev–Trinajstić information content (AvgIpc) is 3.02. The molecule has 3 nitrogen and oxygen atoms in total. The normalized spacial score (nSPS) is 10.6. The van der Waals surface area contributed by atoms with Crippen LogP contribution in [-0.4, -0.2) is 11.1 Å². The number of hydrogen-bond donors (Lipinski definition) is 1. The SMILES string of the molecule is CCc1ccc(COc2cc(CC)sc2C(=O)O)s1. The van der Waals surface area contributed by atoms with Crippen molar-refractivity contribution in [3.8, 4) is 5.75 Å². The molecule has 0 aliphatic heterocycles. The maximum atomic E-state index is 11.1. The molecule has 5 heteroatoms. The summed E-state index contributed by atoms with van der Waals surface area (Å²) in [6.07, 6.45) is 1.84. The molecule has 0 aliphatic rings. The number of thiophene rings is 2. The van der Waals surface area contributed by atoms with E-state index in [1.54, 1.807) is 11.3 Å². The van der Waals surface area contributed by atoms with Crippen LogP contribution in [0.4, 0.5) is 0 Å². The van der Waals surface area contributed by atoms with Crippen molar-refractivity contribution in [3.63, 3.8) is 0 Å². The van der Waals surface area contributed by atoms with Crippen molar-refractivity contribution in [2.24, 2.45) is 0 Å². The Bertz CT molecular complexity index is 569. The fourth-order valence-electron chi connectivity index (χ4n) is 1.69. The van der Waals surface area contributed by atoms with Gasteiger partial charge in [0.15, 0.2) is 4.88 Å². The Balaban J connectivity index is 2.09. The molecule has 0 atom stereocenters. The lowest BCUT2D eigenvalue weighted by Gasteiger charge is -2.03. The second-order valence-electron chi connectivity index (χ2n) is 4.08. The van der Waals surface area contributed by atoms with Crippen molar-refractivity contribution in [1.29, 1.82) is 0 Å². The van der Waals surface area contributed by atoms with Crippen molar-refractivity contribution in [2.45, 2.75) is 33.3 Å². The van der Waals surface area contributed by atoms with Gasteiger partial charge in [-0.05, 0) is 31.0 Å². The van der Waals surface area contributed by atoms with Gasteiger partial charge in [0.1, 0.15) is 12.4 Å². The van der Waals surface area contributed by atoms with E-state index in [2.05, 4.69) is 13.0 Å². The Morgan fingerprint density at radius 2 is 1.84 bits per heavy atom. The quantitative estimate of drug-likeness (QED) is 0.868. The summed E-state index contributed by atoms with van der Waals surface area (Å²) >= 11 is 3.00. The zero-order chi connectivity index (χ0) is 13.8. The van der Waals surface area contributed by atoms with Crippen LogP contribution in [0.5, 0.6) is 5.75 Å². The first kappa shape index (κ1) is 14.1. The van der Waals surface area contributed by atoms with Crippen molar-refractivity contribution in [3.05, 3.63) is 37.7 Å². The van der Waals surface area contributed by atoms with E-state index in [1.807, 2.05) is 19.1 Å². The van der Waals surface area contributed by atoms with Crippen LogP contribution in [0.2, 0.25) is 0 Å². The zero-order valence-corrected chi connectivity index (χ0v) is 12.6. The lowest BCUT2D eigenvalue weighted by atomic mass is 10.3. The van der Waals surface area contributed by atoms with Gasteiger partial charge in [-0.2, -0.15) is 0 Å². The number of hydrogen-bond acceptors (Lipinski definition) is 4. The van der Waals surface area contributed by atoms with Gasteiger partial charge in [-0.1, -0.05) is 13.8 Å². The number of aryl methyl sites for hydroxylation is 2. The molecule has 1 N–H and O–H groups in total. The van der Waals surface area contributed by atoms with Gasteiger partial charge in [0, 0.05) is 14.6 Å². The van der Waals surface area contributed by atoms with E-state index in [0.29, 0.717) is 17.2 Å². The number of carbonyl (C=O) groups is 1. The Morgan fingerprint density at radius 1 is 1.16 bits per heavy atom. The van der Waals surface area contributed by atoms with Crippen molar-refractivity contribution < 1.29 is 14.6 Å².